The van der Waals surface area contributed by atoms with Gasteiger partial charge in [-0.1, -0.05) is 88.0 Å². The molecule has 0 fully saturated rings. The molecule has 2 atom stereocenters. The van der Waals surface area contributed by atoms with Gasteiger partial charge in [-0.05, 0) is 36.5 Å². The normalized spacial score (nSPS) is 14.0. The Bertz CT molecular complexity index is 606. The van der Waals surface area contributed by atoms with Gasteiger partial charge in [-0.15, -0.1) is 0 Å². The SMILES string of the molecule is CCCCCCCCC(O)C=CC=Cc1cccc(C(O)CCCC(=O)O)c1. The van der Waals surface area contributed by atoms with Crippen molar-refractivity contribution in [3.05, 3.63) is 53.6 Å². The number of aliphatic hydroxyl groups excluding tert-OH is 2. The van der Waals surface area contributed by atoms with Crippen molar-refractivity contribution in [2.24, 2.45) is 0 Å². The molecule has 0 bridgehead atoms. The molecule has 0 aliphatic carbocycles. The first-order valence-electron chi connectivity index (χ1n) is 10.6. The fourth-order valence-electron chi connectivity index (χ4n) is 3.07. The molecule has 28 heavy (non-hydrogen) atoms. The Morgan fingerprint density at radius 1 is 1.00 bits per heavy atom. The number of rotatable bonds is 15. The summed E-state index contributed by atoms with van der Waals surface area (Å²) < 4.78 is 0. The average molecular weight is 389 g/mol. The van der Waals surface area contributed by atoms with Crippen LogP contribution in [0.5, 0.6) is 0 Å². The van der Waals surface area contributed by atoms with E-state index >= 15 is 0 Å². The molecule has 0 saturated carbocycles. The van der Waals surface area contributed by atoms with Crippen molar-refractivity contribution in [3.8, 4) is 0 Å². The number of hydrogen-bond acceptors (Lipinski definition) is 3. The first kappa shape index (κ1) is 24.1. The van der Waals surface area contributed by atoms with Crippen LogP contribution in [0.1, 0.15) is 88.4 Å². The van der Waals surface area contributed by atoms with Crippen LogP contribution >= 0.6 is 0 Å². The maximum absolute atomic E-state index is 10.6. The lowest BCUT2D eigenvalue weighted by Crippen LogP contribution is -2.01. The summed E-state index contributed by atoms with van der Waals surface area (Å²) in [5.74, 6) is -0.839. The minimum Gasteiger partial charge on any atom is -0.481 e. The summed E-state index contributed by atoms with van der Waals surface area (Å²) >= 11 is 0. The molecule has 0 radical (unpaired) electrons. The van der Waals surface area contributed by atoms with Gasteiger partial charge in [-0.3, -0.25) is 4.79 Å². The van der Waals surface area contributed by atoms with Crippen molar-refractivity contribution in [2.75, 3.05) is 0 Å². The van der Waals surface area contributed by atoms with Gasteiger partial charge < -0.3 is 15.3 Å². The van der Waals surface area contributed by atoms with Gasteiger partial charge in [0.15, 0.2) is 0 Å². The molecule has 1 rings (SSSR count). The Hall–Kier alpha value is -1.91. The van der Waals surface area contributed by atoms with E-state index in [4.69, 9.17) is 5.11 Å². The quantitative estimate of drug-likeness (QED) is 0.268. The van der Waals surface area contributed by atoms with Crippen LogP contribution in [0.15, 0.2) is 42.5 Å². The van der Waals surface area contributed by atoms with E-state index in [9.17, 15) is 15.0 Å². The number of benzene rings is 1. The Morgan fingerprint density at radius 2 is 1.75 bits per heavy atom. The van der Waals surface area contributed by atoms with E-state index in [1.807, 2.05) is 48.6 Å². The van der Waals surface area contributed by atoms with Gasteiger partial charge in [0.05, 0.1) is 12.2 Å². The highest BCUT2D eigenvalue weighted by molar-refractivity contribution is 5.66. The van der Waals surface area contributed by atoms with E-state index in [1.54, 1.807) is 0 Å². The van der Waals surface area contributed by atoms with E-state index in [2.05, 4.69) is 6.92 Å². The van der Waals surface area contributed by atoms with E-state index in [-0.39, 0.29) is 6.42 Å². The molecule has 156 valence electrons. The van der Waals surface area contributed by atoms with Crippen LogP contribution in [0.25, 0.3) is 6.08 Å². The van der Waals surface area contributed by atoms with Crippen molar-refractivity contribution < 1.29 is 20.1 Å². The van der Waals surface area contributed by atoms with Gasteiger partial charge in [0.25, 0.3) is 0 Å². The Kier molecular flexibility index (Phi) is 13.0. The van der Waals surface area contributed by atoms with Crippen molar-refractivity contribution in [1.82, 2.24) is 0 Å². The van der Waals surface area contributed by atoms with Crippen LogP contribution in [0.2, 0.25) is 0 Å². The highest BCUT2D eigenvalue weighted by atomic mass is 16.4. The predicted octanol–water partition coefficient (Wildman–Crippen LogP) is 5.66. The molecule has 2 unspecified atom stereocenters. The maximum atomic E-state index is 10.6. The molecule has 0 saturated heterocycles. The second kappa shape index (κ2) is 15.1. The fourth-order valence-corrected chi connectivity index (χ4v) is 3.07. The second-order valence-corrected chi connectivity index (χ2v) is 7.34. The number of hydrogen-bond donors (Lipinski definition) is 3. The van der Waals surface area contributed by atoms with Crippen LogP contribution in [0.4, 0.5) is 0 Å². The highest BCUT2D eigenvalue weighted by Crippen LogP contribution is 2.20. The number of carboxylic acids is 1. The van der Waals surface area contributed by atoms with E-state index in [1.165, 1.54) is 32.1 Å². The highest BCUT2D eigenvalue weighted by Gasteiger charge is 2.08. The maximum Gasteiger partial charge on any atom is 0.303 e. The zero-order chi connectivity index (χ0) is 20.6. The summed E-state index contributed by atoms with van der Waals surface area (Å²) in [6.45, 7) is 2.21. The average Bonchev–Trinajstić information content (AvgIpc) is 2.68. The van der Waals surface area contributed by atoms with Crippen LogP contribution in [0, 0.1) is 0 Å². The van der Waals surface area contributed by atoms with Gasteiger partial charge in [-0.25, -0.2) is 0 Å². The van der Waals surface area contributed by atoms with E-state index in [0.717, 1.165) is 24.0 Å². The standard InChI is InChI=1S/C24H36O4/c1-2-3-4-5-6-7-15-22(25)16-9-8-12-20-13-10-14-21(19-20)23(26)17-11-18-24(27)28/h8-10,12-14,16,19,22-23,25-26H,2-7,11,15,17-18H2,1H3,(H,27,28). The van der Waals surface area contributed by atoms with Gasteiger partial charge in [0.1, 0.15) is 0 Å². The molecule has 1 aromatic carbocycles. The topological polar surface area (TPSA) is 77.8 Å². The summed E-state index contributed by atoms with van der Waals surface area (Å²) in [7, 11) is 0. The summed E-state index contributed by atoms with van der Waals surface area (Å²) in [6, 6.07) is 7.59. The Balaban J connectivity index is 2.37. The van der Waals surface area contributed by atoms with Crippen molar-refractivity contribution in [1.29, 1.82) is 0 Å². The lowest BCUT2D eigenvalue weighted by atomic mass is 10.0. The summed E-state index contributed by atoms with van der Waals surface area (Å²) in [6.07, 6.45) is 15.5. The molecule has 0 aromatic heterocycles. The van der Waals surface area contributed by atoms with Gasteiger partial charge in [0.2, 0.25) is 0 Å². The number of carbonyl (C=O) groups is 1. The molecule has 1 aromatic rings. The van der Waals surface area contributed by atoms with Crippen LogP contribution in [-0.2, 0) is 4.79 Å². The summed E-state index contributed by atoms with van der Waals surface area (Å²) in [5.41, 5.74) is 1.75. The van der Waals surface area contributed by atoms with Gasteiger partial charge in [0, 0.05) is 6.42 Å². The van der Waals surface area contributed by atoms with Crippen molar-refractivity contribution in [2.45, 2.75) is 83.3 Å². The van der Waals surface area contributed by atoms with E-state index < -0.39 is 18.2 Å². The monoisotopic (exact) mass is 388 g/mol. The summed E-state index contributed by atoms with van der Waals surface area (Å²) in [4.78, 5) is 10.6. The minimum atomic E-state index is -0.839. The van der Waals surface area contributed by atoms with Crippen LogP contribution < -0.4 is 0 Å². The molecule has 0 aliphatic heterocycles. The fraction of sp³-hybridized carbons (Fsp3) is 0.542. The lowest BCUT2D eigenvalue weighted by molar-refractivity contribution is -0.137. The first-order valence-corrected chi connectivity index (χ1v) is 10.6. The smallest absolute Gasteiger partial charge is 0.303 e. The molecule has 0 spiro atoms. The van der Waals surface area contributed by atoms with Crippen LogP contribution in [0.3, 0.4) is 0 Å². The molecule has 0 amide bonds. The number of unbranched alkanes of at least 4 members (excludes halogenated alkanes) is 5. The van der Waals surface area contributed by atoms with Gasteiger partial charge in [-0.2, -0.15) is 0 Å². The number of aliphatic hydroxyl groups is 2. The number of allylic oxidation sites excluding steroid dienone is 2. The third-order valence-electron chi connectivity index (χ3n) is 4.75. The molecule has 0 heterocycles. The van der Waals surface area contributed by atoms with Crippen molar-refractivity contribution in [3.63, 3.8) is 0 Å². The lowest BCUT2D eigenvalue weighted by Gasteiger charge is -2.10. The number of aliphatic carboxylic acids is 1. The zero-order valence-corrected chi connectivity index (χ0v) is 17.1. The molecule has 0 aliphatic rings. The third kappa shape index (κ3) is 11.7. The zero-order valence-electron chi connectivity index (χ0n) is 17.1. The Morgan fingerprint density at radius 3 is 2.50 bits per heavy atom. The second-order valence-electron chi connectivity index (χ2n) is 7.34. The van der Waals surface area contributed by atoms with E-state index in [0.29, 0.717) is 12.8 Å². The first-order chi connectivity index (χ1) is 13.5. The predicted molar refractivity (Wildman–Crippen MR) is 115 cm³/mol. The van der Waals surface area contributed by atoms with Crippen molar-refractivity contribution >= 4 is 12.0 Å². The minimum absolute atomic E-state index is 0.0719. The van der Waals surface area contributed by atoms with Gasteiger partial charge >= 0.3 is 5.97 Å². The third-order valence-corrected chi connectivity index (χ3v) is 4.75. The molecule has 4 nitrogen and oxygen atoms in total. The molecular weight excluding hydrogens is 352 g/mol. The molecule has 4 heteroatoms. The van der Waals surface area contributed by atoms with Crippen LogP contribution in [-0.4, -0.2) is 27.4 Å². The Labute approximate surface area is 169 Å². The largest absolute Gasteiger partial charge is 0.481 e. The number of carboxylic acid groups (broad SMARTS) is 1. The summed E-state index contributed by atoms with van der Waals surface area (Å²) in [5, 5.41) is 28.9. The molecular formula is C24H36O4. The molecule has 3 N–H and O–H groups in total.